The zero-order valence-corrected chi connectivity index (χ0v) is 24.6. The monoisotopic (exact) mass is 577 g/mol. The molecule has 0 bridgehead atoms. The van der Waals surface area contributed by atoms with Crippen molar-refractivity contribution in [3.8, 4) is 5.88 Å². The van der Waals surface area contributed by atoms with E-state index in [-0.39, 0.29) is 23.0 Å². The summed E-state index contributed by atoms with van der Waals surface area (Å²) in [4.78, 5) is 49.7. The standard InChI is InChI=1S/C31H36ClN5O4/c1-18-26-23(15-31(2,3)16-24(26)38)35-27(18)29(39)36-28(19-5-7-20(32)8-6-19)30(40)34-21-9-10-25(33-17-21)41-22-11-13-37(4)14-12-22/h5-10,17,22,28,35H,11-16H2,1-4H3,(H,34,40)(H,36,39). The van der Waals surface area contributed by atoms with Crippen molar-refractivity contribution in [3.63, 3.8) is 0 Å². The fourth-order valence-electron chi connectivity index (χ4n) is 5.63. The predicted molar refractivity (Wildman–Crippen MR) is 158 cm³/mol. The summed E-state index contributed by atoms with van der Waals surface area (Å²) in [7, 11) is 2.10. The SMILES string of the molecule is Cc1c(C(=O)NC(C(=O)Nc2ccc(OC3CCN(C)CC3)nc2)c2ccc(Cl)cc2)[nH]c2c1C(=O)CC(C)(C)C2. The number of carbonyl (C=O) groups excluding carboxylic acids is 3. The summed E-state index contributed by atoms with van der Waals surface area (Å²) in [5.41, 5.74) is 3.05. The first-order valence-electron chi connectivity index (χ1n) is 13.9. The highest BCUT2D eigenvalue weighted by Gasteiger charge is 2.36. The fraction of sp³-hybridized carbons (Fsp3) is 0.419. The van der Waals surface area contributed by atoms with Crippen LogP contribution in [0, 0.1) is 12.3 Å². The number of nitrogens with one attached hydrogen (secondary N) is 3. The number of fused-ring (bicyclic) bond motifs is 1. The van der Waals surface area contributed by atoms with Gasteiger partial charge in [-0.2, -0.15) is 0 Å². The number of anilines is 1. The zero-order valence-electron chi connectivity index (χ0n) is 23.8. The Morgan fingerprint density at radius 3 is 2.49 bits per heavy atom. The Bertz CT molecular complexity index is 1440. The van der Waals surface area contributed by atoms with E-state index in [2.05, 4.69) is 32.5 Å². The lowest BCUT2D eigenvalue weighted by molar-refractivity contribution is -0.118. The molecule has 0 radical (unpaired) electrons. The molecule has 2 aromatic heterocycles. The van der Waals surface area contributed by atoms with Gasteiger partial charge in [0.25, 0.3) is 11.8 Å². The molecule has 216 valence electrons. The number of hydrogen-bond donors (Lipinski definition) is 3. The smallest absolute Gasteiger partial charge is 0.268 e. The van der Waals surface area contributed by atoms with Crippen molar-refractivity contribution in [1.82, 2.24) is 20.2 Å². The molecule has 0 saturated carbocycles. The third kappa shape index (κ3) is 6.63. The highest BCUT2D eigenvalue weighted by molar-refractivity contribution is 6.30. The molecule has 10 heteroatoms. The van der Waals surface area contributed by atoms with Gasteiger partial charge in [0, 0.05) is 41.9 Å². The lowest BCUT2D eigenvalue weighted by Gasteiger charge is -2.28. The topological polar surface area (TPSA) is 116 Å². The molecule has 1 unspecified atom stereocenters. The normalized spacial score (nSPS) is 17.9. The molecule has 1 saturated heterocycles. The highest BCUT2D eigenvalue weighted by Crippen LogP contribution is 2.37. The summed E-state index contributed by atoms with van der Waals surface area (Å²) in [6.45, 7) is 7.80. The Morgan fingerprint density at radius 1 is 1.12 bits per heavy atom. The summed E-state index contributed by atoms with van der Waals surface area (Å²) in [6.07, 6.45) is 4.62. The van der Waals surface area contributed by atoms with E-state index in [9.17, 15) is 14.4 Å². The third-order valence-corrected chi connectivity index (χ3v) is 8.08. The maximum absolute atomic E-state index is 13.5. The van der Waals surface area contributed by atoms with Crippen LogP contribution in [-0.4, -0.2) is 58.7 Å². The molecule has 3 N–H and O–H groups in total. The van der Waals surface area contributed by atoms with E-state index in [0.717, 1.165) is 31.6 Å². The quantitative estimate of drug-likeness (QED) is 0.359. The van der Waals surface area contributed by atoms with Gasteiger partial charge < -0.3 is 25.3 Å². The third-order valence-electron chi connectivity index (χ3n) is 7.83. The van der Waals surface area contributed by atoms with Crippen LogP contribution in [0.5, 0.6) is 5.88 Å². The van der Waals surface area contributed by atoms with Crippen LogP contribution in [0.3, 0.4) is 0 Å². The number of carbonyl (C=O) groups is 3. The van der Waals surface area contributed by atoms with Crippen LogP contribution in [0.25, 0.3) is 0 Å². The molecule has 2 amide bonds. The van der Waals surface area contributed by atoms with E-state index in [0.29, 0.717) is 46.1 Å². The van der Waals surface area contributed by atoms with E-state index in [4.69, 9.17) is 16.3 Å². The molecule has 2 aliphatic rings. The van der Waals surface area contributed by atoms with Crippen molar-refractivity contribution in [2.45, 2.75) is 58.6 Å². The van der Waals surface area contributed by atoms with Crippen molar-refractivity contribution in [2.24, 2.45) is 5.41 Å². The molecule has 3 aromatic rings. The molecule has 5 rings (SSSR count). The van der Waals surface area contributed by atoms with Crippen LogP contribution in [-0.2, 0) is 11.2 Å². The van der Waals surface area contributed by atoms with Crippen molar-refractivity contribution in [3.05, 3.63) is 75.7 Å². The number of pyridine rings is 1. The van der Waals surface area contributed by atoms with E-state index < -0.39 is 17.9 Å². The van der Waals surface area contributed by atoms with Gasteiger partial charge in [-0.05, 0) is 68.0 Å². The summed E-state index contributed by atoms with van der Waals surface area (Å²) in [6, 6.07) is 9.16. The molecule has 3 heterocycles. The Hall–Kier alpha value is -3.69. The van der Waals surface area contributed by atoms with Gasteiger partial charge in [0.1, 0.15) is 17.8 Å². The first-order chi connectivity index (χ1) is 19.5. The van der Waals surface area contributed by atoms with Gasteiger partial charge in [0.2, 0.25) is 5.88 Å². The first kappa shape index (κ1) is 28.8. The Labute approximate surface area is 245 Å². The van der Waals surface area contributed by atoms with Gasteiger partial charge in [0.15, 0.2) is 5.78 Å². The molecule has 1 aliphatic heterocycles. The van der Waals surface area contributed by atoms with Crippen LogP contribution in [0.1, 0.15) is 76.8 Å². The number of amides is 2. The summed E-state index contributed by atoms with van der Waals surface area (Å²) in [5, 5.41) is 6.22. The van der Waals surface area contributed by atoms with Gasteiger partial charge in [-0.3, -0.25) is 14.4 Å². The number of hydrogen-bond acceptors (Lipinski definition) is 6. The van der Waals surface area contributed by atoms with Crippen molar-refractivity contribution in [1.29, 1.82) is 0 Å². The summed E-state index contributed by atoms with van der Waals surface area (Å²) in [5.74, 6) is -0.397. The minimum Gasteiger partial charge on any atom is -0.474 e. The van der Waals surface area contributed by atoms with Gasteiger partial charge in [-0.25, -0.2) is 4.98 Å². The first-order valence-corrected chi connectivity index (χ1v) is 14.3. The second-order valence-electron chi connectivity index (χ2n) is 11.9. The molecular weight excluding hydrogens is 542 g/mol. The maximum atomic E-state index is 13.5. The van der Waals surface area contributed by atoms with Gasteiger partial charge in [0.05, 0.1) is 11.9 Å². The van der Waals surface area contributed by atoms with E-state index in [1.54, 1.807) is 49.5 Å². The van der Waals surface area contributed by atoms with Crippen LogP contribution in [0.4, 0.5) is 5.69 Å². The number of aromatic amines is 1. The molecule has 1 fully saturated rings. The lowest BCUT2D eigenvalue weighted by Crippen LogP contribution is -2.37. The predicted octanol–water partition coefficient (Wildman–Crippen LogP) is 5.11. The molecule has 1 aromatic carbocycles. The Morgan fingerprint density at radius 2 is 1.83 bits per heavy atom. The van der Waals surface area contributed by atoms with Crippen molar-refractivity contribution < 1.29 is 19.1 Å². The number of aromatic nitrogens is 2. The number of Topliss-reactive ketones (excluding diaryl/α,β-unsaturated/α-hetero) is 1. The van der Waals surface area contributed by atoms with Gasteiger partial charge >= 0.3 is 0 Å². The molecule has 41 heavy (non-hydrogen) atoms. The number of rotatable bonds is 7. The maximum Gasteiger partial charge on any atom is 0.268 e. The molecule has 0 spiro atoms. The average molecular weight is 578 g/mol. The average Bonchev–Trinajstić information content (AvgIpc) is 3.25. The molecule has 1 aliphatic carbocycles. The van der Waals surface area contributed by atoms with Crippen LogP contribution >= 0.6 is 11.6 Å². The van der Waals surface area contributed by atoms with Crippen LogP contribution in [0.2, 0.25) is 5.02 Å². The van der Waals surface area contributed by atoms with Crippen molar-refractivity contribution in [2.75, 3.05) is 25.5 Å². The number of likely N-dealkylation sites (tertiary alicyclic amines) is 1. The number of piperidine rings is 1. The second kappa shape index (κ2) is 11.7. The minimum atomic E-state index is -1.03. The minimum absolute atomic E-state index is 0.0202. The van der Waals surface area contributed by atoms with E-state index in [1.807, 2.05) is 13.8 Å². The largest absolute Gasteiger partial charge is 0.474 e. The second-order valence-corrected chi connectivity index (χ2v) is 12.3. The number of ketones is 1. The number of nitrogens with zero attached hydrogens (tertiary/aromatic N) is 2. The molecule has 1 atom stereocenters. The lowest BCUT2D eigenvalue weighted by atomic mass is 9.75. The number of H-pyrrole nitrogens is 1. The molecular formula is C31H36ClN5O4. The molecule has 9 nitrogen and oxygen atoms in total. The Kier molecular flexibility index (Phi) is 8.20. The highest BCUT2D eigenvalue weighted by atomic mass is 35.5. The number of benzene rings is 1. The fourth-order valence-corrected chi connectivity index (χ4v) is 5.76. The Balaban J connectivity index is 1.32. The summed E-state index contributed by atoms with van der Waals surface area (Å²) >= 11 is 6.09. The van der Waals surface area contributed by atoms with Crippen LogP contribution < -0.4 is 15.4 Å². The van der Waals surface area contributed by atoms with Gasteiger partial charge in [-0.1, -0.05) is 37.6 Å². The van der Waals surface area contributed by atoms with Crippen LogP contribution in [0.15, 0.2) is 42.6 Å². The van der Waals surface area contributed by atoms with Crippen molar-refractivity contribution >= 4 is 34.9 Å². The van der Waals surface area contributed by atoms with Gasteiger partial charge in [-0.15, -0.1) is 0 Å². The zero-order chi connectivity index (χ0) is 29.3. The summed E-state index contributed by atoms with van der Waals surface area (Å²) < 4.78 is 6.01. The van der Waals surface area contributed by atoms with E-state index in [1.165, 1.54) is 0 Å². The van der Waals surface area contributed by atoms with E-state index >= 15 is 0 Å². The number of halogens is 1. The number of ether oxygens (including phenoxy) is 1.